The minimum atomic E-state index is -0.463. The molecule has 3 saturated carbocycles. The highest BCUT2D eigenvalue weighted by atomic mass is 16.6. The number of hydrogen-bond donors (Lipinski definition) is 0. The Balaban J connectivity index is 2.05. The molecule has 0 N–H and O–H groups in total. The third-order valence-corrected chi connectivity index (χ3v) is 4.10. The van der Waals surface area contributed by atoms with Crippen LogP contribution in [-0.2, 0) is 19.1 Å². The van der Waals surface area contributed by atoms with Crippen LogP contribution in [-0.4, -0.2) is 17.7 Å². The standard InChI is InChI=1S/C11H12O4/c12-7-4-2-5-1-3-6(7)9-8(5)10(13)15-11(9)14/h5-6,8-9H,1-4H2/t5-,6-,8-,9-/m1/s1. The van der Waals surface area contributed by atoms with Crippen LogP contribution in [0, 0.1) is 23.7 Å². The summed E-state index contributed by atoms with van der Waals surface area (Å²) in [6.07, 6.45) is 2.93. The van der Waals surface area contributed by atoms with Gasteiger partial charge >= 0.3 is 11.9 Å². The van der Waals surface area contributed by atoms with Crippen molar-refractivity contribution in [3.63, 3.8) is 0 Å². The Hall–Kier alpha value is -1.19. The SMILES string of the molecule is O=C1OC(=O)[C@H]2[C@H]1[C@H]1CCC(=O)[C@H]2CC1. The van der Waals surface area contributed by atoms with Gasteiger partial charge in [0.15, 0.2) is 0 Å². The van der Waals surface area contributed by atoms with Crippen LogP contribution in [0.1, 0.15) is 25.7 Å². The van der Waals surface area contributed by atoms with Gasteiger partial charge in [-0.1, -0.05) is 0 Å². The van der Waals surface area contributed by atoms with Gasteiger partial charge in [-0.3, -0.25) is 14.4 Å². The van der Waals surface area contributed by atoms with E-state index in [9.17, 15) is 14.4 Å². The number of esters is 2. The van der Waals surface area contributed by atoms with Gasteiger partial charge in [-0.25, -0.2) is 0 Å². The minimum Gasteiger partial charge on any atom is -0.393 e. The monoisotopic (exact) mass is 208 g/mol. The molecule has 0 aromatic rings. The summed E-state index contributed by atoms with van der Waals surface area (Å²) in [6, 6.07) is 0. The summed E-state index contributed by atoms with van der Waals surface area (Å²) in [5.74, 6) is -1.53. The van der Waals surface area contributed by atoms with Crippen LogP contribution in [0.2, 0.25) is 0 Å². The maximum absolute atomic E-state index is 11.7. The highest BCUT2D eigenvalue weighted by Gasteiger charge is 2.57. The molecule has 1 heterocycles. The second kappa shape index (κ2) is 2.90. The number of carbonyl (C=O) groups is 3. The maximum atomic E-state index is 11.7. The van der Waals surface area contributed by atoms with Crippen molar-refractivity contribution in [2.45, 2.75) is 25.7 Å². The van der Waals surface area contributed by atoms with Crippen molar-refractivity contribution in [3.05, 3.63) is 0 Å². The molecule has 1 aliphatic heterocycles. The second-order valence-corrected chi connectivity index (χ2v) is 4.74. The molecular formula is C11H12O4. The Morgan fingerprint density at radius 2 is 1.67 bits per heavy atom. The van der Waals surface area contributed by atoms with E-state index in [1.807, 2.05) is 0 Å². The summed E-state index contributed by atoms with van der Waals surface area (Å²) < 4.78 is 4.66. The molecule has 15 heavy (non-hydrogen) atoms. The second-order valence-electron chi connectivity index (χ2n) is 4.74. The number of ether oxygens (including phenoxy) is 1. The van der Waals surface area contributed by atoms with Gasteiger partial charge in [0.1, 0.15) is 5.78 Å². The molecule has 4 rings (SSSR count). The van der Waals surface area contributed by atoms with E-state index in [4.69, 9.17) is 0 Å². The van der Waals surface area contributed by atoms with E-state index in [1.54, 1.807) is 0 Å². The lowest BCUT2D eigenvalue weighted by Gasteiger charge is -2.30. The van der Waals surface area contributed by atoms with E-state index in [2.05, 4.69) is 4.74 Å². The van der Waals surface area contributed by atoms with Crippen molar-refractivity contribution in [2.75, 3.05) is 0 Å². The van der Waals surface area contributed by atoms with Crippen molar-refractivity contribution < 1.29 is 19.1 Å². The number of ketones is 1. The van der Waals surface area contributed by atoms with Crippen molar-refractivity contribution in [3.8, 4) is 0 Å². The Labute approximate surface area is 87.0 Å². The molecule has 4 atom stereocenters. The topological polar surface area (TPSA) is 60.4 Å². The first kappa shape index (κ1) is 9.07. The normalized spacial score (nSPS) is 43.9. The quantitative estimate of drug-likeness (QED) is 0.434. The molecule has 0 unspecified atom stereocenters. The number of rotatable bonds is 0. The van der Waals surface area contributed by atoms with Crippen molar-refractivity contribution >= 4 is 17.7 Å². The molecule has 4 heteroatoms. The molecule has 80 valence electrons. The Morgan fingerprint density at radius 1 is 0.933 bits per heavy atom. The van der Waals surface area contributed by atoms with Gasteiger partial charge in [0, 0.05) is 12.3 Å². The van der Waals surface area contributed by atoms with E-state index in [-0.39, 0.29) is 23.5 Å². The van der Waals surface area contributed by atoms with E-state index < -0.39 is 17.9 Å². The summed E-state index contributed by atoms with van der Waals surface area (Å²) >= 11 is 0. The zero-order valence-corrected chi connectivity index (χ0v) is 8.27. The molecule has 0 radical (unpaired) electrons. The van der Waals surface area contributed by atoms with Crippen LogP contribution < -0.4 is 0 Å². The highest BCUT2D eigenvalue weighted by molar-refractivity contribution is 6.00. The number of hydrogen-bond acceptors (Lipinski definition) is 4. The number of carbonyl (C=O) groups excluding carboxylic acids is 3. The van der Waals surface area contributed by atoms with E-state index in [0.29, 0.717) is 6.42 Å². The first-order valence-electron chi connectivity index (χ1n) is 5.46. The fraction of sp³-hybridized carbons (Fsp3) is 0.727. The smallest absolute Gasteiger partial charge is 0.318 e. The zero-order chi connectivity index (χ0) is 10.6. The first-order valence-corrected chi connectivity index (χ1v) is 5.46. The van der Waals surface area contributed by atoms with Gasteiger partial charge in [-0.05, 0) is 25.2 Å². The van der Waals surface area contributed by atoms with Crippen molar-refractivity contribution in [1.82, 2.24) is 0 Å². The third kappa shape index (κ3) is 1.10. The molecule has 4 fully saturated rings. The van der Waals surface area contributed by atoms with E-state index in [1.165, 1.54) is 0 Å². The van der Waals surface area contributed by atoms with Crippen LogP contribution in [0.4, 0.5) is 0 Å². The number of cyclic esters (lactones) is 2. The molecule has 0 aromatic carbocycles. The molecule has 4 aliphatic rings. The lowest BCUT2D eigenvalue weighted by molar-refractivity contribution is -0.155. The zero-order valence-electron chi connectivity index (χ0n) is 8.27. The Bertz CT molecular complexity index is 360. The van der Waals surface area contributed by atoms with Gasteiger partial charge in [-0.2, -0.15) is 0 Å². The highest BCUT2D eigenvalue weighted by Crippen LogP contribution is 2.49. The van der Waals surface area contributed by atoms with E-state index >= 15 is 0 Å². The number of fused-ring (bicyclic) bond motifs is 3. The molecular weight excluding hydrogens is 196 g/mol. The molecule has 0 amide bonds. The van der Waals surface area contributed by atoms with Gasteiger partial charge < -0.3 is 4.74 Å². The van der Waals surface area contributed by atoms with Crippen LogP contribution in [0.3, 0.4) is 0 Å². The average Bonchev–Trinajstić information content (AvgIpc) is 2.39. The summed E-state index contributed by atoms with van der Waals surface area (Å²) in [6.45, 7) is 0. The third-order valence-electron chi connectivity index (χ3n) is 4.10. The molecule has 2 bridgehead atoms. The van der Waals surface area contributed by atoms with Crippen LogP contribution >= 0.6 is 0 Å². The van der Waals surface area contributed by atoms with Crippen LogP contribution in [0.25, 0.3) is 0 Å². The van der Waals surface area contributed by atoms with Gasteiger partial charge in [0.25, 0.3) is 0 Å². The van der Waals surface area contributed by atoms with Gasteiger partial charge in [0.2, 0.25) is 0 Å². The summed E-state index contributed by atoms with van der Waals surface area (Å²) in [7, 11) is 0. The predicted molar refractivity (Wildman–Crippen MR) is 48.5 cm³/mol. The minimum absolute atomic E-state index is 0.150. The fourth-order valence-corrected chi connectivity index (χ4v) is 3.38. The summed E-state index contributed by atoms with van der Waals surface area (Å²) in [5, 5.41) is 0. The fourth-order valence-electron chi connectivity index (χ4n) is 3.38. The summed E-state index contributed by atoms with van der Waals surface area (Å²) in [4.78, 5) is 34.8. The predicted octanol–water partition coefficient (Wildman–Crippen LogP) is 0.691. The van der Waals surface area contributed by atoms with Crippen molar-refractivity contribution in [2.24, 2.45) is 23.7 Å². The van der Waals surface area contributed by atoms with E-state index in [0.717, 1.165) is 19.3 Å². The molecule has 4 nitrogen and oxygen atoms in total. The maximum Gasteiger partial charge on any atom is 0.318 e. The Kier molecular flexibility index (Phi) is 1.75. The van der Waals surface area contributed by atoms with Gasteiger partial charge in [0.05, 0.1) is 11.8 Å². The average molecular weight is 208 g/mol. The lowest BCUT2D eigenvalue weighted by Crippen LogP contribution is -2.36. The first-order chi connectivity index (χ1) is 7.18. The van der Waals surface area contributed by atoms with Crippen molar-refractivity contribution in [1.29, 1.82) is 0 Å². The molecule has 1 saturated heterocycles. The van der Waals surface area contributed by atoms with Crippen LogP contribution in [0.15, 0.2) is 0 Å². The molecule has 3 aliphatic carbocycles. The van der Waals surface area contributed by atoms with Gasteiger partial charge in [-0.15, -0.1) is 0 Å². The lowest BCUT2D eigenvalue weighted by atomic mass is 9.69. The Morgan fingerprint density at radius 3 is 2.47 bits per heavy atom. The summed E-state index contributed by atoms with van der Waals surface area (Å²) in [5.41, 5.74) is 0. The van der Waals surface area contributed by atoms with Crippen LogP contribution in [0.5, 0.6) is 0 Å². The molecule has 0 spiro atoms. The largest absolute Gasteiger partial charge is 0.393 e. The molecule has 0 aromatic heterocycles. The number of Topliss-reactive ketones (excluding diaryl/α,β-unsaturated/α-hetero) is 1.